The van der Waals surface area contributed by atoms with Crippen LogP contribution >= 0.6 is 0 Å². The maximum absolute atomic E-state index is 13.2. The van der Waals surface area contributed by atoms with E-state index in [1.807, 2.05) is 30.5 Å². The number of benzene rings is 1. The van der Waals surface area contributed by atoms with E-state index in [2.05, 4.69) is 26.9 Å². The number of para-hydroxylation sites is 1. The number of hydrogen-bond acceptors (Lipinski definition) is 4. The lowest BCUT2D eigenvalue weighted by Crippen LogP contribution is -2.39. The Balaban J connectivity index is 1.37. The average molecular weight is 365 g/mol. The van der Waals surface area contributed by atoms with Gasteiger partial charge in [-0.2, -0.15) is 0 Å². The summed E-state index contributed by atoms with van der Waals surface area (Å²) in [7, 11) is 0. The highest BCUT2D eigenvalue weighted by Crippen LogP contribution is 2.28. The number of rotatable bonds is 3. The SMILES string of the molecule is O=C([C@@H]1CCOc2ccccc2C1)N1CCCN(Cc2cccnc2)CC1. The first-order valence-electron chi connectivity index (χ1n) is 9.90. The van der Waals surface area contributed by atoms with Gasteiger partial charge in [0.25, 0.3) is 0 Å². The van der Waals surface area contributed by atoms with Crippen molar-refractivity contribution in [3.05, 3.63) is 59.9 Å². The molecule has 1 aromatic heterocycles. The average Bonchev–Trinajstić information content (AvgIpc) is 3.07. The van der Waals surface area contributed by atoms with Crippen LogP contribution in [0.2, 0.25) is 0 Å². The molecule has 142 valence electrons. The molecule has 0 spiro atoms. The molecule has 0 radical (unpaired) electrons. The minimum atomic E-state index is 0.0264. The molecule has 0 saturated carbocycles. The second kappa shape index (κ2) is 8.53. The molecule has 2 aliphatic rings. The lowest BCUT2D eigenvalue weighted by Gasteiger charge is -2.25. The Morgan fingerprint density at radius 3 is 2.93 bits per heavy atom. The third-order valence-electron chi connectivity index (χ3n) is 5.54. The number of pyridine rings is 1. The van der Waals surface area contributed by atoms with Gasteiger partial charge in [-0.1, -0.05) is 24.3 Å². The van der Waals surface area contributed by atoms with Crippen LogP contribution in [0.1, 0.15) is 24.0 Å². The van der Waals surface area contributed by atoms with Crippen LogP contribution in [-0.2, 0) is 17.8 Å². The smallest absolute Gasteiger partial charge is 0.226 e. The van der Waals surface area contributed by atoms with E-state index in [4.69, 9.17) is 4.74 Å². The number of aromatic nitrogens is 1. The van der Waals surface area contributed by atoms with Gasteiger partial charge in [-0.3, -0.25) is 14.7 Å². The highest BCUT2D eigenvalue weighted by atomic mass is 16.5. The number of carbonyl (C=O) groups excluding carboxylic acids is 1. The summed E-state index contributed by atoms with van der Waals surface area (Å²) in [5, 5.41) is 0. The summed E-state index contributed by atoms with van der Waals surface area (Å²) in [4.78, 5) is 21.9. The predicted octanol–water partition coefficient (Wildman–Crippen LogP) is 2.76. The summed E-state index contributed by atoms with van der Waals surface area (Å²) >= 11 is 0. The normalized spacial score (nSPS) is 20.9. The Bertz CT molecular complexity index is 765. The number of ether oxygens (including phenoxy) is 1. The quantitative estimate of drug-likeness (QED) is 0.839. The molecule has 5 heteroatoms. The largest absolute Gasteiger partial charge is 0.493 e. The zero-order valence-corrected chi connectivity index (χ0v) is 15.7. The molecule has 3 heterocycles. The first-order chi connectivity index (χ1) is 13.3. The highest BCUT2D eigenvalue weighted by Gasteiger charge is 2.28. The van der Waals surface area contributed by atoms with Crippen LogP contribution < -0.4 is 4.74 Å². The predicted molar refractivity (Wildman–Crippen MR) is 104 cm³/mol. The second-order valence-electron chi connectivity index (χ2n) is 7.46. The molecule has 5 nitrogen and oxygen atoms in total. The molecule has 4 rings (SSSR count). The van der Waals surface area contributed by atoms with E-state index in [9.17, 15) is 4.79 Å². The van der Waals surface area contributed by atoms with Crippen molar-refractivity contribution in [2.45, 2.75) is 25.8 Å². The Morgan fingerprint density at radius 2 is 2.04 bits per heavy atom. The van der Waals surface area contributed by atoms with Crippen molar-refractivity contribution >= 4 is 5.91 Å². The molecule has 27 heavy (non-hydrogen) atoms. The van der Waals surface area contributed by atoms with Gasteiger partial charge in [0.1, 0.15) is 5.75 Å². The maximum Gasteiger partial charge on any atom is 0.226 e. The van der Waals surface area contributed by atoms with Gasteiger partial charge in [-0.15, -0.1) is 0 Å². The lowest BCUT2D eigenvalue weighted by atomic mass is 9.95. The van der Waals surface area contributed by atoms with E-state index in [1.165, 1.54) is 5.56 Å². The van der Waals surface area contributed by atoms with Crippen LogP contribution in [0.15, 0.2) is 48.8 Å². The summed E-state index contributed by atoms with van der Waals surface area (Å²) in [5.74, 6) is 1.25. The van der Waals surface area contributed by atoms with Crippen molar-refractivity contribution < 1.29 is 9.53 Å². The fraction of sp³-hybridized carbons (Fsp3) is 0.455. The molecule has 1 fully saturated rings. The van der Waals surface area contributed by atoms with Gasteiger partial charge in [0, 0.05) is 51.0 Å². The van der Waals surface area contributed by atoms with Gasteiger partial charge >= 0.3 is 0 Å². The van der Waals surface area contributed by atoms with E-state index in [0.29, 0.717) is 12.5 Å². The van der Waals surface area contributed by atoms with Crippen LogP contribution in [0.5, 0.6) is 5.75 Å². The van der Waals surface area contributed by atoms with E-state index >= 15 is 0 Å². The molecular formula is C22H27N3O2. The van der Waals surface area contributed by atoms with Gasteiger partial charge in [0.05, 0.1) is 6.61 Å². The topological polar surface area (TPSA) is 45.7 Å². The minimum absolute atomic E-state index is 0.0264. The van der Waals surface area contributed by atoms with Gasteiger partial charge in [-0.05, 0) is 42.5 Å². The molecule has 1 atom stereocenters. The van der Waals surface area contributed by atoms with Gasteiger partial charge < -0.3 is 9.64 Å². The van der Waals surface area contributed by atoms with Crippen molar-refractivity contribution in [2.24, 2.45) is 5.92 Å². The number of nitrogens with zero attached hydrogens (tertiary/aromatic N) is 3. The van der Waals surface area contributed by atoms with Gasteiger partial charge in [0.15, 0.2) is 0 Å². The molecule has 1 amide bonds. The molecule has 1 saturated heterocycles. The summed E-state index contributed by atoms with van der Waals surface area (Å²) in [6, 6.07) is 12.2. The van der Waals surface area contributed by atoms with Gasteiger partial charge in [-0.25, -0.2) is 0 Å². The number of fused-ring (bicyclic) bond motifs is 1. The molecule has 0 unspecified atom stereocenters. The molecule has 0 bridgehead atoms. The molecule has 2 aromatic rings. The van der Waals surface area contributed by atoms with Crippen molar-refractivity contribution in [3.8, 4) is 5.75 Å². The van der Waals surface area contributed by atoms with Crippen molar-refractivity contribution in [1.82, 2.24) is 14.8 Å². The van der Waals surface area contributed by atoms with E-state index < -0.39 is 0 Å². The second-order valence-corrected chi connectivity index (χ2v) is 7.46. The molecule has 2 aliphatic heterocycles. The minimum Gasteiger partial charge on any atom is -0.493 e. The lowest BCUT2D eigenvalue weighted by molar-refractivity contribution is -0.135. The first-order valence-corrected chi connectivity index (χ1v) is 9.90. The molecule has 0 N–H and O–H groups in total. The van der Waals surface area contributed by atoms with E-state index in [-0.39, 0.29) is 5.92 Å². The third kappa shape index (κ3) is 4.48. The Morgan fingerprint density at radius 1 is 1.11 bits per heavy atom. The molecular weight excluding hydrogens is 338 g/mol. The summed E-state index contributed by atoms with van der Waals surface area (Å²) < 4.78 is 5.84. The standard InChI is InChI=1S/C22H27N3O2/c26-22(20-8-14-27-21-7-2-1-6-19(21)15-20)25-11-4-10-24(12-13-25)17-18-5-3-9-23-16-18/h1-3,5-7,9,16,20H,4,8,10-15,17H2/t20-/m1/s1. The Kier molecular flexibility index (Phi) is 5.68. The van der Waals surface area contributed by atoms with Crippen LogP contribution in [-0.4, -0.2) is 53.5 Å². The van der Waals surface area contributed by atoms with Crippen molar-refractivity contribution in [1.29, 1.82) is 0 Å². The van der Waals surface area contributed by atoms with Crippen LogP contribution in [0.3, 0.4) is 0 Å². The summed E-state index contributed by atoms with van der Waals surface area (Å²) in [5.41, 5.74) is 2.39. The first kappa shape index (κ1) is 18.0. The monoisotopic (exact) mass is 365 g/mol. The molecule has 0 aliphatic carbocycles. The number of hydrogen-bond donors (Lipinski definition) is 0. The number of amides is 1. The van der Waals surface area contributed by atoms with Crippen molar-refractivity contribution in [2.75, 3.05) is 32.8 Å². The summed E-state index contributed by atoms with van der Waals surface area (Å²) in [6.07, 6.45) is 6.33. The Labute approximate surface area is 161 Å². The molecule has 1 aromatic carbocycles. The number of carbonyl (C=O) groups is 1. The highest BCUT2D eigenvalue weighted by molar-refractivity contribution is 5.79. The third-order valence-corrected chi connectivity index (χ3v) is 5.54. The zero-order chi connectivity index (χ0) is 18.5. The fourth-order valence-corrected chi connectivity index (χ4v) is 4.06. The van der Waals surface area contributed by atoms with Crippen molar-refractivity contribution in [3.63, 3.8) is 0 Å². The van der Waals surface area contributed by atoms with Crippen LogP contribution in [0.4, 0.5) is 0 Å². The van der Waals surface area contributed by atoms with Crippen LogP contribution in [0, 0.1) is 5.92 Å². The van der Waals surface area contributed by atoms with E-state index in [0.717, 1.165) is 63.3 Å². The van der Waals surface area contributed by atoms with Gasteiger partial charge in [0.2, 0.25) is 5.91 Å². The fourth-order valence-electron chi connectivity index (χ4n) is 4.06. The maximum atomic E-state index is 13.2. The zero-order valence-electron chi connectivity index (χ0n) is 15.7. The van der Waals surface area contributed by atoms with Crippen LogP contribution in [0.25, 0.3) is 0 Å². The summed E-state index contributed by atoms with van der Waals surface area (Å²) in [6.45, 7) is 5.12. The van der Waals surface area contributed by atoms with E-state index in [1.54, 1.807) is 6.20 Å². The Hall–Kier alpha value is -2.40.